The number of hydrogen-bond acceptors (Lipinski definition) is 3. The van der Waals surface area contributed by atoms with Gasteiger partial charge in [-0.1, -0.05) is 6.07 Å². The van der Waals surface area contributed by atoms with Crippen molar-refractivity contribution in [2.24, 2.45) is 5.73 Å². The van der Waals surface area contributed by atoms with Crippen LogP contribution >= 0.6 is 0 Å². The topological polar surface area (TPSA) is 58.4 Å². The first-order chi connectivity index (χ1) is 7.95. The number of nitrogens with zero attached hydrogens (tertiary/aromatic N) is 1. The van der Waals surface area contributed by atoms with Crippen LogP contribution in [0.2, 0.25) is 0 Å². The van der Waals surface area contributed by atoms with Crippen molar-refractivity contribution in [1.29, 1.82) is 0 Å². The van der Waals surface area contributed by atoms with Crippen molar-refractivity contribution in [2.75, 3.05) is 26.0 Å². The molecule has 0 fully saturated rings. The molecule has 3 N–H and O–H groups in total. The van der Waals surface area contributed by atoms with E-state index in [1.807, 2.05) is 32.0 Å². The van der Waals surface area contributed by atoms with E-state index < -0.39 is 0 Å². The first-order valence-electron chi connectivity index (χ1n) is 5.74. The molecule has 1 aromatic carbocycles. The van der Waals surface area contributed by atoms with Crippen molar-refractivity contribution in [2.45, 2.75) is 19.9 Å². The van der Waals surface area contributed by atoms with Crippen molar-refractivity contribution >= 4 is 11.6 Å². The highest BCUT2D eigenvalue weighted by Crippen LogP contribution is 2.18. The van der Waals surface area contributed by atoms with Crippen LogP contribution in [0.15, 0.2) is 18.2 Å². The largest absolute Gasteiger partial charge is 0.381 e. The molecule has 0 aliphatic carbocycles. The Labute approximate surface area is 103 Å². The second-order valence-electron chi connectivity index (χ2n) is 4.51. The summed E-state index contributed by atoms with van der Waals surface area (Å²) in [5, 5.41) is 3.30. The molecule has 0 bridgehead atoms. The van der Waals surface area contributed by atoms with Gasteiger partial charge in [0.2, 0.25) is 0 Å². The first kappa shape index (κ1) is 13.5. The molecule has 0 aliphatic rings. The molecule has 0 aliphatic heterocycles. The summed E-state index contributed by atoms with van der Waals surface area (Å²) in [5.74, 6) is 0.00783. The Hall–Kier alpha value is -1.55. The molecule has 1 amide bonds. The number of carbonyl (C=O) groups is 1. The minimum Gasteiger partial charge on any atom is -0.381 e. The molecule has 4 nitrogen and oxygen atoms in total. The minimum absolute atomic E-state index is 0.00783. The van der Waals surface area contributed by atoms with Crippen LogP contribution in [0, 0.1) is 6.92 Å². The number of benzene rings is 1. The fourth-order valence-corrected chi connectivity index (χ4v) is 1.49. The third kappa shape index (κ3) is 3.46. The van der Waals surface area contributed by atoms with Gasteiger partial charge in [0.25, 0.3) is 5.91 Å². The summed E-state index contributed by atoms with van der Waals surface area (Å²) in [4.78, 5) is 13.4. The number of amides is 1. The molecule has 4 heteroatoms. The number of anilines is 1. The summed E-state index contributed by atoms with van der Waals surface area (Å²) in [5.41, 5.74) is 8.35. The molecule has 1 rings (SSSR count). The van der Waals surface area contributed by atoms with Crippen LogP contribution in [-0.4, -0.2) is 37.5 Å². The van der Waals surface area contributed by atoms with Gasteiger partial charge in [0, 0.05) is 37.9 Å². The maximum absolute atomic E-state index is 11.8. The zero-order valence-electron chi connectivity index (χ0n) is 10.9. The van der Waals surface area contributed by atoms with Gasteiger partial charge >= 0.3 is 0 Å². The Morgan fingerprint density at radius 3 is 2.65 bits per heavy atom. The average Bonchev–Trinajstić information content (AvgIpc) is 2.30. The molecule has 0 spiro atoms. The summed E-state index contributed by atoms with van der Waals surface area (Å²) in [6, 6.07) is 5.86. The van der Waals surface area contributed by atoms with E-state index in [0.29, 0.717) is 12.1 Å². The number of carbonyl (C=O) groups excluding carboxylic acids is 1. The SMILES string of the molecule is Cc1ccc(C(=O)N(C)C)cc1NC(C)CN. The van der Waals surface area contributed by atoms with E-state index in [1.165, 1.54) is 0 Å². The van der Waals surface area contributed by atoms with Crippen LogP contribution in [0.4, 0.5) is 5.69 Å². The Balaban J connectivity index is 2.98. The highest BCUT2D eigenvalue weighted by Gasteiger charge is 2.10. The third-order valence-corrected chi connectivity index (χ3v) is 2.65. The van der Waals surface area contributed by atoms with E-state index in [0.717, 1.165) is 11.3 Å². The number of nitrogens with one attached hydrogen (secondary N) is 1. The van der Waals surface area contributed by atoms with E-state index in [-0.39, 0.29) is 11.9 Å². The number of rotatable bonds is 4. The standard InChI is InChI=1S/C13H21N3O/c1-9-5-6-11(13(17)16(3)4)7-12(9)15-10(2)8-14/h5-7,10,15H,8,14H2,1-4H3. The molecule has 1 atom stereocenters. The quantitative estimate of drug-likeness (QED) is 0.830. The molecule has 0 radical (unpaired) electrons. The molecule has 0 heterocycles. The lowest BCUT2D eigenvalue weighted by Crippen LogP contribution is -2.26. The van der Waals surface area contributed by atoms with Gasteiger partial charge in [-0.15, -0.1) is 0 Å². The maximum Gasteiger partial charge on any atom is 0.253 e. The molecule has 0 saturated heterocycles. The monoisotopic (exact) mass is 235 g/mol. The Morgan fingerprint density at radius 2 is 2.12 bits per heavy atom. The summed E-state index contributed by atoms with van der Waals surface area (Å²) in [6.45, 7) is 4.58. The van der Waals surface area contributed by atoms with E-state index in [1.54, 1.807) is 19.0 Å². The second-order valence-corrected chi connectivity index (χ2v) is 4.51. The van der Waals surface area contributed by atoms with Gasteiger partial charge in [0.15, 0.2) is 0 Å². The average molecular weight is 235 g/mol. The van der Waals surface area contributed by atoms with Crippen LogP contribution in [-0.2, 0) is 0 Å². The van der Waals surface area contributed by atoms with Crippen LogP contribution in [0.1, 0.15) is 22.8 Å². The van der Waals surface area contributed by atoms with Crippen LogP contribution in [0.3, 0.4) is 0 Å². The highest BCUT2D eigenvalue weighted by molar-refractivity contribution is 5.95. The van der Waals surface area contributed by atoms with Gasteiger partial charge in [-0.25, -0.2) is 0 Å². The zero-order chi connectivity index (χ0) is 13.0. The smallest absolute Gasteiger partial charge is 0.253 e. The van der Waals surface area contributed by atoms with Crippen LogP contribution in [0.5, 0.6) is 0 Å². The Kier molecular flexibility index (Phi) is 4.52. The van der Waals surface area contributed by atoms with Crippen molar-refractivity contribution < 1.29 is 4.79 Å². The lowest BCUT2D eigenvalue weighted by molar-refractivity contribution is 0.0827. The van der Waals surface area contributed by atoms with Gasteiger partial charge in [-0.2, -0.15) is 0 Å². The van der Waals surface area contributed by atoms with Crippen molar-refractivity contribution in [3.05, 3.63) is 29.3 Å². The van der Waals surface area contributed by atoms with Gasteiger partial charge in [-0.3, -0.25) is 4.79 Å². The molecular formula is C13H21N3O. The van der Waals surface area contributed by atoms with Gasteiger partial charge in [0.05, 0.1) is 0 Å². The van der Waals surface area contributed by atoms with Gasteiger partial charge < -0.3 is 16.0 Å². The summed E-state index contributed by atoms with van der Waals surface area (Å²) in [6.07, 6.45) is 0. The van der Waals surface area contributed by atoms with E-state index >= 15 is 0 Å². The third-order valence-electron chi connectivity index (χ3n) is 2.65. The zero-order valence-corrected chi connectivity index (χ0v) is 10.9. The molecule has 94 valence electrons. The number of nitrogens with two attached hydrogens (primary N) is 1. The summed E-state index contributed by atoms with van der Waals surface area (Å²) in [7, 11) is 3.50. The van der Waals surface area contributed by atoms with Crippen molar-refractivity contribution in [1.82, 2.24) is 4.90 Å². The van der Waals surface area contributed by atoms with Crippen LogP contribution in [0.25, 0.3) is 0 Å². The summed E-state index contributed by atoms with van der Waals surface area (Å²) >= 11 is 0. The van der Waals surface area contributed by atoms with E-state index in [9.17, 15) is 4.79 Å². The van der Waals surface area contributed by atoms with Crippen molar-refractivity contribution in [3.63, 3.8) is 0 Å². The second kappa shape index (κ2) is 5.68. The number of hydrogen-bond donors (Lipinski definition) is 2. The molecule has 1 unspecified atom stereocenters. The van der Waals surface area contributed by atoms with Gasteiger partial charge in [0.1, 0.15) is 0 Å². The fourth-order valence-electron chi connectivity index (χ4n) is 1.49. The molecule has 0 aromatic heterocycles. The minimum atomic E-state index is 0.00783. The van der Waals surface area contributed by atoms with E-state index in [4.69, 9.17) is 5.73 Å². The Bertz CT molecular complexity index is 402. The maximum atomic E-state index is 11.8. The molecule has 1 aromatic rings. The van der Waals surface area contributed by atoms with E-state index in [2.05, 4.69) is 5.32 Å². The lowest BCUT2D eigenvalue weighted by atomic mass is 10.1. The summed E-state index contributed by atoms with van der Waals surface area (Å²) < 4.78 is 0. The Morgan fingerprint density at radius 1 is 1.47 bits per heavy atom. The normalized spacial score (nSPS) is 12.1. The first-order valence-corrected chi connectivity index (χ1v) is 5.74. The number of aryl methyl sites for hydroxylation is 1. The highest BCUT2D eigenvalue weighted by atomic mass is 16.2. The van der Waals surface area contributed by atoms with Crippen molar-refractivity contribution in [3.8, 4) is 0 Å². The molecule has 0 saturated carbocycles. The van der Waals surface area contributed by atoms with Crippen LogP contribution < -0.4 is 11.1 Å². The van der Waals surface area contributed by atoms with Gasteiger partial charge in [-0.05, 0) is 31.5 Å². The molecule has 17 heavy (non-hydrogen) atoms. The lowest BCUT2D eigenvalue weighted by Gasteiger charge is -2.17. The predicted octanol–water partition coefficient (Wildman–Crippen LogP) is 1.46. The fraction of sp³-hybridized carbons (Fsp3) is 0.462. The predicted molar refractivity (Wildman–Crippen MR) is 71.3 cm³/mol. The molecular weight excluding hydrogens is 214 g/mol.